The van der Waals surface area contributed by atoms with Crippen LogP contribution in [0.5, 0.6) is 0 Å². The molecule has 0 spiro atoms. The Morgan fingerprint density at radius 2 is 1.86 bits per heavy atom. The van der Waals surface area contributed by atoms with E-state index < -0.39 is 17.7 Å². The zero-order valence-corrected chi connectivity index (χ0v) is 11.4. The zero-order chi connectivity index (χ0) is 15.8. The van der Waals surface area contributed by atoms with Crippen molar-refractivity contribution in [3.8, 4) is 0 Å². The molecular formula is C14H11N3O4. The van der Waals surface area contributed by atoms with Crippen molar-refractivity contribution in [1.82, 2.24) is 4.90 Å². The van der Waals surface area contributed by atoms with Crippen LogP contribution >= 0.6 is 0 Å². The normalized spacial score (nSPS) is 10.7. The first kappa shape index (κ1) is 15.9. The molecule has 0 aliphatic rings. The Bertz CT molecular complexity index is 639. The van der Waals surface area contributed by atoms with Gasteiger partial charge in [0.15, 0.2) is 11.5 Å². The number of carbonyl (C=O) groups excluding carboxylic acids is 3. The summed E-state index contributed by atoms with van der Waals surface area (Å²) in [5.74, 6) is -0.804. The maximum Gasteiger partial charge on any atom is 0.392 e. The highest BCUT2D eigenvalue weighted by Gasteiger charge is 2.34. The van der Waals surface area contributed by atoms with Gasteiger partial charge in [0.05, 0.1) is 6.92 Å². The summed E-state index contributed by atoms with van der Waals surface area (Å²) in [6.07, 6.45) is 2.01. The maximum absolute atomic E-state index is 12.1. The van der Waals surface area contributed by atoms with E-state index in [2.05, 4.69) is 10.2 Å². The molecule has 106 valence electrons. The van der Waals surface area contributed by atoms with Gasteiger partial charge in [-0.1, -0.05) is 30.3 Å². The van der Waals surface area contributed by atoms with Crippen molar-refractivity contribution in [2.75, 3.05) is 0 Å². The molecule has 0 aliphatic carbocycles. The molecule has 0 bridgehead atoms. The number of benzene rings is 1. The lowest BCUT2D eigenvalue weighted by atomic mass is 10.1. The minimum absolute atomic E-state index is 0.300. The van der Waals surface area contributed by atoms with E-state index in [1.807, 2.05) is 6.34 Å². The molecule has 0 radical (unpaired) electrons. The van der Waals surface area contributed by atoms with Gasteiger partial charge in [-0.05, 0) is 22.8 Å². The van der Waals surface area contributed by atoms with E-state index in [1.165, 1.54) is 18.1 Å². The molecule has 0 aromatic heterocycles. The molecule has 0 atom stereocenters. The number of hydrogen-bond acceptors (Lipinski definition) is 6. The molecule has 0 saturated carbocycles. The third kappa shape index (κ3) is 4.47. The van der Waals surface area contributed by atoms with Gasteiger partial charge >= 0.3 is 11.8 Å². The molecule has 7 heteroatoms. The molecule has 1 rings (SSSR count). The second kappa shape index (κ2) is 7.45. The third-order valence-electron chi connectivity index (χ3n) is 2.23. The summed E-state index contributed by atoms with van der Waals surface area (Å²) in [6.45, 7) is 2.23. The van der Waals surface area contributed by atoms with Gasteiger partial charge in [-0.25, -0.2) is 4.79 Å². The van der Waals surface area contributed by atoms with Crippen LogP contribution in [0.2, 0.25) is 0 Å². The van der Waals surface area contributed by atoms with E-state index >= 15 is 0 Å². The average molecular weight is 285 g/mol. The van der Waals surface area contributed by atoms with Crippen molar-refractivity contribution >= 4 is 35.6 Å². The number of rotatable bonds is 4. The van der Waals surface area contributed by atoms with Gasteiger partial charge in [0.1, 0.15) is 0 Å². The average Bonchev–Trinajstić information content (AvgIpc) is 2.44. The topological polar surface area (TPSA) is 102 Å². The fraction of sp³-hybridized carbons (Fsp3) is 0.143. The Kier molecular flexibility index (Phi) is 5.65. The van der Waals surface area contributed by atoms with E-state index in [-0.39, 0.29) is 5.57 Å². The lowest BCUT2D eigenvalue weighted by molar-refractivity contribution is -0.216. The van der Waals surface area contributed by atoms with Gasteiger partial charge in [0.2, 0.25) is 0 Å². The number of hydrogen-bond donors (Lipinski definition) is 0. The van der Waals surface area contributed by atoms with Crippen molar-refractivity contribution in [2.45, 2.75) is 13.8 Å². The van der Waals surface area contributed by atoms with Crippen molar-refractivity contribution in [3.63, 3.8) is 0 Å². The third-order valence-corrected chi connectivity index (χ3v) is 2.23. The van der Waals surface area contributed by atoms with Crippen LogP contribution in [-0.2, 0) is 14.4 Å². The number of carbonyl (C=O) groups is 2. The Morgan fingerprint density at radius 3 is 2.33 bits per heavy atom. The number of nitrogens with zero attached hydrogens (tertiary/aromatic N) is 3. The second-order valence-electron chi connectivity index (χ2n) is 3.82. The first-order valence-corrected chi connectivity index (χ1v) is 5.80. The largest absolute Gasteiger partial charge is 0.861 e. The SMILES string of the molecule is CC(=O)N([C+]=N/N=C(\C)[O-])C(=O)C(=C=O)c1ccccc1. The summed E-state index contributed by atoms with van der Waals surface area (Å²) in [4.78, 5) is 35.0. The minimum atomic E-state index is -0.953. The number of amides is 2. The standard InChI is InChI=1S/C14H11N3O4/c1-10(19)16-15-9-17(11(2)20)14(21)13(8-18)12-6-4-3-5-7-12/h3-7H,1-2H3. The Labute approximate surface area is 120 Å². The van der Waals surface area contributed by atoms with Crippen LogP contribution in [0.25, 0.3) is 5.57 Å². The van der Waals surface area contributed by atoms with Crippen molar-refractivity contribution < 1.29 is 19.5 Å². The first-order valence-electron chi connectivity index (χ1n) is 5.80. The van der Waals surface area contributed by atoms with Crippen LogP contribution < -0.4 is 5.11 Å². The fourth-order valence-electron chi connectivity index (χ4n) is 1.34. The van der Waals surface area contributed by atoms with Crippen LogP contribution in [0.15, 0.2) is 40.5 Å². The Hall–Kier alpha value is -3.14. The Balaban J connectivity index is 3.11. The van der Waals surface area contributed by atoms with E-state index in [0.29, 0.717) is 10.5 Å². The summed E-state index contributed by atoms with van der Waals surface area (Å²) in [5.41, 5.74) is -0.0506. The molecule has 0 N–H and O–H groups in total. The smallest absolute Gasteiger partial charge is 0.392 e. The number of imide groups is 1. The summed E-state index contributed by atoms with van der Waals surface area (Å²) >= 11 is 0. The summed E-state index contributed by atoms with van der Waals surface area (Å²) < 4.78 is 0. The molecule has 21 heavy (non-hydrogen) atoms. The van der Waals surface area contributed by atoms with E-state index in [0.717, 1.165) is 13.8 Å². The summed E-state index contributed by atoms with van der Waals surface area (Å²) in [6, 6.07) is 8.00. The van der Waals surface area contributed by atoms with E-state index in [9.17, 15) is 19.5 Å². The van der Waals surface area contributed by atoms with E-state index in [4.69, 9.17) is 0 Å². The van der Waals surface area contributed by atoms with Gasteiger partial charge in [-0.3, -0.25) is 0 Å². The fourth-order valence-corrected chi connectivity index (χ4v) is 1.34. The molecule has 0 unspecified atom stereocenters. The van der Waals surface area contributed by atoms with Crippen molar-refractivity contribution in [3.05, 3.63) is 35.9 Å². The molecule has 2 amide bonds. The van der Waals surface area contributed by atoms with Crippen LogP contribution in [0.3, 0.4) is 0 Å². The monoisotopic (exact) mass is 285 g/mol. The highest BCUT2D eigenvalue weighted by Crippen LogP contribution is 2.13. The highest BCUT2D eigenvalue weighted by atomic mass is 16.3. The van der Waals surface area contributed by atoms with Crippen LogP contribution in [0.4, 0.5) is 0 Å². The predicted octanol–water partition coefficient (Wildman–Crippen LogP) is -0.124. The van der Waals surface area contributed by atoms with Crippen LogP contribution in [-0.4, -0.2) is 34.9 Å². The lowest BCUT2D eigenvalue weighted by Crippen LogP contribution is -2.34. The predicted molar refractivity (Wildman–Crippen MR) is 73.6 cm³/mol. The molecule has 0 heterocycles. The van der Waals surface area contributed by atoms with Gasteiger partial charge in [0, 0.05) is 5.56 Å². The van der Waals surface area contributed by atoms with Gasteiger partial charge < -0.3 is 5.11 Å². The van der Waals surface area contributed by atoms with Crippen LogP contribution in [0, 0.1) is 0 Å². The highest BCUT2D eigenvalue weighted by molar-refractivity contribution is 6.33. The quantitative estimate of drug-likeness (QED) is 0.146. The summed E-state index contributed by atoms with van der Waals surface area (Å²) in [5, 5.41) is 16.9. The minimum Gasteiger partial charge on any atom is -0.861 e. The molecule has 0 saturated heterocycles. The van der Waals surface area contributed by atoms with Gasteiger partial charge in [-0.15, -0.1) is 5.10 Å². The molecule has 1 aromatic carbocycles. The maximum atomic E-state index is 12.1. The molecule has 1 aromatic rings. The van der Waals surface area contributed by atoms with E-state index in [1.54, 1.807) is 18.2 Å². The summed E-state index contributed by atoms with van der Waals surface area (Å²) in [7, 11) is 0. The van der Waals surface area contributed by atoms with Gasteiger partial charge in [0.25, 0.3) is 6.34 Å². The van der Waals surface area contributed by atoms with Crippen molar-refractivity contribution in [1.29, 1.82) is 0 Å². The van der Waals surface area contributed by atoms with Crippen molar-refractivity contribution in [2.24, 2.45) is 10.2 Å². The zero-order valence-electron chi connectivity index (χ0n) is 11.4. The molecule has 7 nitrogen and oxygen atoms in total. The second-order valence-corrected chi connectivity index (χ2v) is 3.82. The van der Waals surface area contributed by atoms with Gasteiger partial charge in [-0.2, -0.15) is 9.59 Å². The van der Waals surface area contributed by atoms with Crippen LogP contribution in [0.1, 0.15) is 19.4 Å². The Morgan fingerprint density at radius 1 is 1.24 bits per heavy atom. The lowest BCUT2D eigenvalue weighted by Gasteiger charge is -2.02. The molecular weight excluding hydrogens is 274 g/mol. The molecule has 0 fully saturated rings. The molecule has 0 aliphatic heterocycles. The first-order chi connectivity index (χ1) is 9.97.